The molecule has 7 heteroatoms. The first-order valence-electron chi connectivity index (χ1n) is 5.90. The van der Waals surface area contributed by atoms with Crippen LogP contribution in [0.4, 0.5) is 15.8 Å². The number of rotatable bonds is 3. The van der Waals surface area contributed by atoms with E-state index in [1.807, 2.05) is 0 Å². The summed E-state index contributed by atoms with van der Waals surface area (Å²) < 4.78 is 13.6. The fraction of sp³-hybridized carbons (Fsp3) is 0.0714. The van der Waals surface area contributed by atoms with Crippen molar-refractivity contribution in [3.05, 3.63) is 68.5 Å². The molecule has 2 aromatic carbocycles. The number of hydrogen-bond donors (Lipinski definition) is 1. The van der Waals surface area contributed by atoms with Gasteiger partial charge in [-0.05, 0) is 30.7 Å². The Morgan fingerprint density at radius 3 is 2.71 bits per heavy atom. The second-order valence-electron chi connectivity index (χ2n) is 4.33. The number of halogens is 2. The van der Waals surface area contributed by atoms with Gasteiger partial charge in [0.1, 0.15) is 10.8 Å². The summed E-state index contributed by atoms with van der Waals surface area (Å²) in [5, 5.41) is 12.9. The van der Waals surface area contributed by atoms with Gasteiger partial charge in [-0.25, -0.2) is 4.39 Å². The minimum absolute atomic E-state index is 0.0115. The summed E-state index contributed by atoms with van der Waals surface area (Å²) in [6, 6.07) is 8.10. The molecule has 21 heavy (non-hydrogen) atoms. The fourth-order valence-electron chi connectivity index (χ4n) is 1.76. The van der Waals surface area contributed by atoms with Gasteiger partial charge in [0.25, 0.3) is 11.6 Å². The van der Waals surface area contributed by atoms with Crippen LogP contribution in [0.15, 0.2) is 36.4 Å². The molecule has 0 aliphatic heterocycles. The van der Waals surface area contributed by atoms with E-state index >= 15 is 0 Å². The van der Waals surface area contributed by atoms with Crippen LogP contribution in [-0.4, -0.2) is 10.8 Å². The molecule has 2 aromatic rings. The molecule has 0 saturated carbocycles. The molecule has 0 fully saturated rings. The number of anilines is 1. The van der Waals surface area contributed by atoms with Gasteiger partial charge in [-0.3, -0.25) is 14.9 Å². The van der Waals surface area contributed by atoms with Gasteiger partial charge in [-0.15, -0.1) is 0 Å². The molecule has 0 saturated heterocycles. The molecule has 108 valence electrons. The molecule has 0 aromatic heterocycles. The van der Waals surface area contributed by atoms with Crippen molar-refractivity contribution in [3.8, 4) is 0 Å². The van der Waals surface area contributed by atoms with E-state index in [2.05, 4.69) is 5.32 Å². The first kappa shape index (κ1) is 14.9. The van der Waals surface area contributed by atoms with Crippen molar-refractivity contribution in [2.75, 3.05) is 5.32 Å². The van der Waals surface area contributed by atoms with Gasteiger partial charge in [0.15, 0.2) is 0 Å². The van der Waals surface area contributed by atoms with Crippen molar-refractivity contribution in [1.82, 2.24) is 0 Å². The summed E-state index contributed by atoms with van der Waals surface area (Å²) in [5.74, 6) is -1.32. The summed E-state index contributed by atoms with van der Waals surface area (Å²) >= 11 is 5.84. The van der Waals surface area contributed by atoms with Crippen LogP contribution in [0, 0.1) is 22.9 Å². The lowest BCUT2D eigenvalue weighted by molar-refractivity contribution is -0.384. The molecule has 0 aliphatic carbocycles. The zero-order valence-corrected chi connectivity index (χ0v) is 11.6. The summed E-state index contributed by atoms with van der Waals surface area (Å²) in [7, 11) is 0. The van der Waals surface area contributed by atoms with E-state index in [0.29, 0.717) is 0 Å². The van der Waals surface area contributed by atoms with Crippen molar-refractivity contribution >= 4 is 28.9 Å². The third-order valence-corrected chi connectivity index (χ3v) is 3.19. The van der Waals surface area contributed by atoms with E-state index in [1.165, 1.54) is 30.3 Å². The van der Waals surface area contributed by atoms with Crippen molar-refractivity contribution in [3.63, 3.8) is 0 Å². The van der Waals surface area contributed by atoms with E-state index in [1.54, 1.807) is 13.0 Å². The highest BCUT2D eigenvalue weighted by Crippen LogP contribution is 2.28. The van der Waals surface area contributed by atoms with Gasteiger partial charge in [0, 0.05) is 6.07 Å². The predicted molar refractivity (Wildman–Crippen MR) is 77.2 cm³/mol. The molecule has 1 N–H and O–H groups in total. The Kier molecular flexibility index (Phi) is 4.18. The SMILES string of the molecule is Cc1ccc(F)c(NC(=O)c2cccc([N+](=O)[O-])c2Cl)c1. The van der Waals surface area contributed by atoms with Crippen LogP contribution in [0.1, 0.15) is 15.9 Å². The third kappa shape index (κ3) is 3.17. The smallest absolute Gasteiger partial charge is 0.288 e. The molecular formula is C14H10ClFN2O3. The fourth-order valence-corrected chi connectivity index (χ4v) is 2.04. The lowest BCUT2D eigenvalue weighted by Gasteiger charge is -2.08. The maximum Gasteiger partial charge on any atom is 0.288 e. The second-order valence-corrected chi connectivity index (χ2v) is 4.71. The number of nitro benzene ring substituents is 1. The molecule has 0 aliphatic rings. The monoisotopic (exact) mass is 308 g/mol. The quantitative estimate of drug-likeness (QED) is 0.689. The molecule has 1 amide bonds. The number of nitro groups is 1. The molecule has 0 radical (unpaired) electrons. The highest BCUT2D eigenvalue weighted by atomic mass is 35.5. The first-order valence-corrected chi connectivity index (χ1v) is 6.28. The predicted octanol–water partition coefficient (Wildman–Crippen LogP) is 3.95. The van der Waals surface area contributed by atoms with E-state index in [0.717, 1.165) is 5.56 Å². The third-order valence-electron chi connectivity index (χ3n) is 2.79. The summed E-state index contributed by atoms with van der Waals surface area (Å²) in [4.78, 5) is 22.2. The number of carbonyl (C=O) groups excluding carboxylic acids is 1. The average Bonchev–Trinajstić information content (AvgIpc) is 2.42. The topological polar surface area (TPSA) is 72.2 Å². The molecular weight excluding hydrogens is 299 g/mol. The van der Waals surface area contributed by atoms with E-state index in [-0.39, 0.29) is 22.0 Å². The minimum Gasteiger partial charge on any atom is -0.319 e. The number of hydrogen-bond acceptors (Lipinski definition) is 3. The van der Waals surface area contributed by atoms with Gasteiger partial charge in [-0.2, -0.15) is 0 Å². The van der Waals surface area contributed by atoms with Crippen molar-refractivity contribution in [1.29, 1.82) is 0 Å². The Balaban J connectivity index is 2.35. The average molecular weight is 309 g/mol. The largest absolute Gasteiger partial charge is 0.319 e. The summed E-state index contributed by atoms with van der Waals surface area (Å²) in [6.45, 7) is 1.75. The number of amides is 1. The van der Waals surface area contributed by atoms with Crippen molar-refractivity contribution in [2.24, 2.45) is 0 Å². The van der Waals surface area contributed by atoms with Crippen LogP contribution >= 0.6 is 11.6 Å². The standard InChI is InChI=1S/C14H10ClFN2O3/c1-8-5-6-10(16)11(7-8)17-14(19)9-3-2-4-12(13(9)15)18(20)21/h2-7H,1H3,(H,17,19). The van der Waals surface area contributed by atoms with Crippen LogP contribution in [0.5, 0.6) is 0 Å². The molecule has 0 heterocycles. The second kappa shape index (κ2) is 5.88. The molecule has 5 nitrogen and oxygen atoms in total. The highest BCUT2D eigenvalue weighted by Gasteiger charge is 2.20. The van der Waals surface area contributed by atoms with Gasteiger partial charge >= 0.3 is 0 Å². The van der Waals surface area contributed by atoms with Crippen LogP contribution in [0.25, 0.3) is 0 Å². The number of carbonyl (C=O) groups is 1. The first-order chi connectivity index (χ1) is 9.90. The Labute approximate surface area is 124 Å². The van der Waals surface area contributed by atoms with Crippen LogP contribution < -0.4 is 5.32 Å². The van der Waals surface area contributed by atoms with Gasteiger partial charge in [0.05, 0.1) is 16.2 Å². The van der Waals surface area contributed by atoms with Crippen LogP contribution in [0.2, 0.25) is 5.02 Å². The number of nitrogens with zero attached hydrogens (tertiary/aromatic N) is 1. The minimum atomic E-state index is -0.715. The normalized spacial score (nSPS) is 10.2. The molecule has 0 bridgehead atoms. The van der Waals surface area contributed by atoms with Gasteiger partial charge in [-0.1, -0.05) is 23.7 Å². The molecule has 0 spiro atoms. The summed E-state index contributed by atoms with van der Waals surface area (Å²) in [6.07, 6.45) is 0. The van der Waals surface area contributed by atoms with Crippen molar-refractivity contribution < 1.29 is 14.1 Å². The zero-order chi connectivity index (χ0) is 15.6. The summed E-state index contributed by atoms with van der Waals surface area (Å²) in [5.41, 5.74) is 0.278. The van der Waals surface area contributed by atoms with Gasteiger partial charge in [0.2, 0.25) is 0 Å². The van der Waals surface area contributed by atoms with E-state index in [4.69, 9.17) is 11.6 Å². The Morgan fingerprint density at radius 1 is 1.33 bits per heavy atom. The van der Waals surface area contributed by atoms with Crippen molar-refractivity contribution in [2.45, 2.75) is 6.92 Å². The Hall–Kier alpha value is -2.47. The van der Waals surface area contributed by atoms with E-state index < -0.39 is 16.6 Å². The number of benzene rings is 2. The lowest BCUT2D eigenvalue weighted by atomic mass is 10.1. The van der Waals surface area contributed by atoms with Gasteiger partial charge < -0.3 is 5.32 Å². The Bertz CT molecular complexity index is 734. The maximum atomic E-state index is 13.6. The Morgan fingerprint density at radius 2 is 2.05 bits per heavy atom. The number of aryl methyl sites for hydroxylation is 1. The van der Waals surface area contributed by atoms with E-state index in [9.17, 15) is 19.3 Å². The zero-order valence-electron chi connectivity index (χ0n) is 10.9. The van der Waals surface area contributed by atoms with Crippen LogP contribution in [-0.2, 0) is 0 Å². The highest BCUT2D eigenvalue weighted by molar-refractivity contribution is 6.36. The molecule has 0 unspecified atom stereocenters. The lowest BCUT2D eigenvalue weighted by Crippen LogP contribution is -2.14. The maximum absolute atomic E-state index is 13.6. The molecule has 2 rings (SSSR count). The van der Waals surface area contributed by atoms with Crippen LogP contribution in [0.3, 0.4) is 0 Å². The number of nitrogens with one attached hydrogen (secondary N) is 1. The molecule has 0 atom stereocenters.